The number of aliphatic hydroxyl groups is 1. The number of ether oxygens (including phenoxy) is 4. The van der Waals surface area contributed by atoms with Crippen LogP contribution in [0.3, 0.4) is 0 Å². The molecule has 3 unspecified atom stereocenters. The average Bonchev–Trinajstić information content (AvgIpc) is 0.922. The number of hydrogen-bond acceptors (Lipinski definition) is 15. The highest BCUT2D eigenvalue weighted by Gasteiger charge is 2.30. The van der Waals surface area contributed by atoms with Crippen molar-refractivity contribution in [3.05, 3.63) is 24.3 Å². The van der Waals surface area contributed by atoms with Crippen LogP contribution in [0.15, 0.2) is 24.3 Å². The van der Waals surface area contributed by atoms with Gasteiger partial charge in [0.25, 0.3) is 0 Å². The van der Waals surface area contributed by atoms with E-state index in [2.05, 4.69) is 72.8 Å². The summed E-state index contributed by atoms with van der Waals surface area (Å²) >= 11 is 0. The number of phosphoric acid groups is 2. The van der Waals surface area contributed by atoms with Gasteiger partial charge in [0.2, 0.25) is 0 Å². The van der Waals surface area contributed by atoms with Gasteiger partial charge in [-0.05, 0) is 69.1 Å². The molecule has 0 aromatic carbocycles. The Bertz CT molecular complexity index is 2050. The molecule has 0 saturated carbocycles. The number of carbonyl (C=O) groups excluding carboxylic acids is 4. The molecule has 0 rings (SSSR count). The molecular weight excluding hydrogens is 1320 g/mol. The maximum atomic E-state index is 13.1. The van der Waals surface area contributed by atoms with Gasteiger partial charge in [-0.15, -0.1) is 0 Å². The van der Waals surface area contributed by atoms with Crippen molar-refractivity contribution >= 4 is 39.5 Å². The van der Waals surface area contributed by atoms with E-state index in [0.717, 1.165) is 127 Å². The van der Waals surface area contributed by atoms with Gasteiger partial charge in [-0.25, -0.2) is 9.13 Å². The van der Waals surface area contributed by atoms with Crippen molar-refractivity contribution in [1.29, 1.82) is 0 Å². The van der Waals surface area contributed by atoms with E-state index in [4.69, 9.17) is 37.0 Å². The van der Waals surface area contributed by atoms with E-state index < -0.39 is 97.5 Å². The van der Waals surface area contributed by atoms with Crippen LogP contribution in [0.25, 0.3) is 0 Å². The first kappa shape index (κ1) is 98.5. The van der Waals surface area contributed by atoms with Crippen LogP contribution in [-0.2, 0) is 65.4 Å². The molecule has 0 aliphatic carbocycles. The Labute approximate surface area is 618 Å². The van der Waals surface area contributed by atoms with Crippen LogP contribution >= 0.6 is 15.6 Å². The summed E-state index contributed by atoms with van der Waals surface area (Å²) in [7, 11) is -9.94. The van der Waals surface area contributed by atoms with Crippen LogP contribution in [0.4, 0.5) is 0 Å². The van der Waals surface area contributed by atoms with Crippen LogP contribution in [0.2, 0.25) is 0 Å². The zero-order chi connectivity index (χ0) is 74.4. The van der Waals surface area contributed by atoms with Gasteiger partial charge in [-0.1, -0.05) is 349 Å². The van der Waals surface area contributed by atoms with Crippen LogP contribution in [0.5, 0.6) is 0 Å². The lowest BCUT2D eigenvalue weighted by Gasteiger charge is -2.21. The van der Waals surface area contributed by atoms with Crippen molar-refractivity contribution in [1.82, 2.24) is 0 Å². The molecular formula is C82H156O17P2. The molecule has 6 atom stereocenters. The van der Waals surface area contributed by atoms with Gasteiger partial charge in [-0.2, -0.15) is 0 Å². The van der Waals surface area contributed by atoms with Crippen molar-refractivity contribution in [3.63, 3.8) is 0 Å². The number of carbonyl (C=O) groups is 4. The second-order valence-electron chi connectivity index (χ2n) is 30.0. The quantitative estimate of drug-likeness (QED) is 0.0169. The molecule has 0 radical (unpaired) electrons. The normalized spacial score (nSPS) is 14.4. The molecule has 0 aliphatic heterocycles. The predicted molar refractivity (Wildman–Crippen MR) is 414 cm³/mol. The summed E-state index contributed by atoms with van der Waals surface area (Å²) in [6.07, 6.45) is 63.3. The van der Waals surface area contributed by atoms with Gasteiger partial charge in [0.1, 0.15) is 19.3 Å². The molecule has 0 bridgehead atoms. The minimum atomic E-state index is -4.97. The summed E-state index contributed by atoms with van der Waals surface area (Å²) in [4.78, 5) is 73.0. The zero-order valence-electron chi connectivity index (χ0n) is 65.9. The second kappa shape index (κ2) is 71.8. The largest absolute Gasteiger partial charge is 0.472 e. The van der Waals surface area contributed by atoms with Crippen molar-refractivity contribution in [3.8, 4) is 0 Å². The molecule has 0 heterocycles. The Morgan fingerprint density at radius 1 is 0.327 bits per heavy atom. The smallest absolute Gasteiger partial charge is 0.462 e. The Balaban J connectivity index is 5.28. The molecule has 0 aromatic rings. The fourth-order valence-corrected chi connectivity index (χ4v) is 13.7. The van der Waals surface area contributed by atoms with Crippen molar-refractivity contribution in [2.75, 3.05) is 39.6 Å². The number of allylic oxidation sites excluding steroid dienone is 4. The monoisotopic (exact) mass is 1480 g/mol. The van der Waals surface area contributed by atoms with E-state index in [1.165, 1.54) is 193 Å². The molecule has 0 spiro atoms. The molecule has 17 nitrogen and oxygen atoms in total. The highest BCUT2D eigenvalue weighted by atomic mass is 31.2. The number of rotatable bonds is 78. The first-order valence-electron chi connectivity index (χ1n) is 41.7. The number of hydrogen-bond donors (Lipinski definition) is 3. The van der Waals surface area contributed by atoms with Crippen molar-refractivity contribution in [2.45, 2.75) is 420 Å². The Morgan fingerprint density at radius 2 is 0.584 bits per heavy atom. The number of aliphatic hydroxyl groups excluding tert-OH is 1. The molecule has 0 fully saturated rings. The van der Waals surface area contributed by atoms with E-state index in [1.807, 2.05) is 0 Å². The zero-order valence-corrected chi connectivity index (χ0v) is 67.6. The lowest BCUT2D eigenvalue weighted by Crippen LogP contribution is -2.30. The van der Waals surface area contributed by atoms with Gasteiger partial charge in [0.15, 0.2) is 12.2 Å². The number of esters is 4. The minimum absolute atomic E-state index is 0.0841. The summed E-state index contributed by atoms with van der Waals surface area (Å²) in [6.45, 7) is 11.9. The SMILES string of the molecule is CCCCCC/C=C\C=C/CCCCCCCC(=O)O[C@H](COC(=O)CCCCCCCCC(C)CC)COP(=O)(O)OC[C@H](O)COP(=O)(O)OC[C@@H](COC(=O)CCCCCCCCCCCCCCCCCC(C)C)OC(=O)CCCCCCCCCCCCCCCCCC(C)C. The highest BCUT2D eigenvalue weighted by Crippen LogP contribution is 2.45. The molecule has 0 aliphatic rings. The van der Waals surface area contributed by atoms with Gasteiger partial charge >= 0.3 is 39.5 Å². The Morgan fingerprint density at radius 3 is 0.881 bits per heavy atom. The van der Waals surface area contributed by atoms with E-state index in [1.54, 1.807) is 0 Å². The van der Waals surface area contributed by atoms with Crippen molar-refractivity contribution in [2.24, 2.45) is 17.8 Å². The summed E-state index contributed by atoms with van der Waals surface area (Å²) < 4.78 is 68.7. The molecule has 3 N–H and O–H groups in total. The fourth-order valence-electron chi connectivity index (χ4n) is 12.1. The van der Waals surface area contributed by atoms with E-state index >= 15 is 0 Å². The maximum Gasteiger partial charge on any atom is 0.472 e. The van der Waals surface area contributed by atoms with Crippen LogP contribution in [0, 0.1) is 17.8 Å². The molecule has 0 amide bonds. The Hall–Kier alpha value is -2.46. The molecule has 0 saturated heterocycles. The molecule has 596 valence electrons. The van der Waals surface area contributed by atoms with E-state index in [-0.39, 0.29) is 25.7 Å². The Kier molecular flexibility index (Phi) is 70.0. The number of phosphoric ester groups is 2. The van der Waals surface area contributed by atoms with Gasteiger partial charge in [-0.3, -0.25) is 37.3 Å². The summed E-state index contributed by atoms with van der Waals surface area (Å²) in [5, 5.41) is 10.6. The van der Waals surface area contributed by atoms with Crippen molar-refractivity contribution < 1.29 is 80.2 Å². The second-order valence-corrected chi connectivity index (χ2v) is 32.9. The van der Waals surface area contributed by atoms with Crippen LogP contribution in [0.1, 0.15) is 402 Å². The van der Waals surface area contributed by atoms with Crippen LogP contribution in [-0.4, -0.2) is 96.7 Å². The third-order valence-corrected chi connectivity index (χ3v) is 20.8. The van der Waals surface area contributed by atoms with Gasteiger partial charge in [0, 0.05) is 25.7 Å². The van der Waals surface area contributed by atoms with Gasteiger partial charge in [0.05, 0.1) is 26.4 Å². The third kappa shape index (κ3) is 74.2. The standard InChI is InChI=1S/C82H156O17P2/c1-8-10-11-12-13-14-15-16-19-27-32-37-42-51-58-66-82(87)99-78(70-93-80(85)64-57-50-45-44-48-55-62-75(7)9-2)72-97-101(90,91)95-68-76(83)67-94-100(88,89)96-71-77(98-81(86)65-59-52-43-38-33-28-23-18-21-25-30-35-40-47-54-61-74(5)6)69-92-79(84)63-56-49-41-36-31-26-22-17-20-24-29-34-39-46-53-60-73(3)4/h14-16,19,73-78,83H,8-13,17-18,20-72H2,1-7H3,(H,88,89)(H,90,91)/b15-14-,19-16-/t75?,76-,77-,78-/m1/s1. The lowest BCUT2D eigenvalue weighted by molar-refractivity contribution is -0.161. The molecule has 101 heavy (non-hydrogen) atoms. The maximum absolute atomic E-state index is 13.1. The van der Waals surface area contributed by atoms with E-state index in [0.29, 0.717) is 25.7 Å². The minimum Gasteiger partial charge on any atom is -0.462 e. The fraction of sp³-hybridized carbons (Fsp3) is 0.902. The third-order valence-electron chi connectivity index (χ3n) is 18.9. The average molecular weight is 1480 g/mol. The molecule has 0 aromatic heterocycles. The first-order valence-corrected chi connectivity index (χ1v) is 44.7. The topological polar surface area (TPSA) is 237 Å². The first-order chi connectivity index (χ1) is 48.8. The van der Waals surface area contributed by atoms with Gasteiger partial charge < -0.3 is 33.8 Å². The number of unbranched alkanes of at least 4 members (excludes halogenated alkanes) is 42. The molecule has 19 heteroatoms. The predicted octanol–water partition coefficient (Wildman–Crippen LogP) is 24.1. The highest BCUT2D eigenvalue weighted by molar-refractivity contribution is 7.47. The summed E-state index contributed by atoms with van der Waals surface area (Å²) in [5.74, 6) is 0.192. The summed E-state index contributed by atoms with van der Waals surface area (Å²) in [6, 6.07) is 0. The van der Waals surface area contributed by atoms with E-state index in [9.17, 15) is 43.2 Å². The summed E-state index contributed by atoms with van der Waals surface area (Å²) in [5.41, 5.74) is 0. The van der Waals surface area contributed by atoms with Crippen LogP contribution < -0.4 is 0 Å². The lowest BCUT2D eigenvalue weighted by atomic mass is 10.00.